The molecule has 2 aliphatic carbocycles. The van der Waals surface area contributed by atoms with Crippen molar-refractivity contribution >= 4 is 23.2 Å². The van der Waals surface area contributed by atoms with Gasteiger partial charge in [0, 0.05) is 30.7 Å². The Morgan fingerprint density at radius 3 is 2.32 bits per heavy atom. The van der Waals surface area contributed by atoms with E-state index in [0.29, 0.717) is 17.4 Å². The Morgan fingerprint density at radius 2 is 1.68 bits per heavy atom. The molecule has 0 spiro atoms. The van der Waals surface area contributed by atoms with Crippen molar-refractivity contribution in [2.45, 2.75) is 57.4 Å². The zero-order valence-electron chi connectivity index (χ0n) is 16.5. The van der Waals surface area contributed by atoms with Crippen molar-refractivity contribution in [3.05, 3.63) is 23.8 Å². The molecule has 1 aromatic carbocycles. The second kappa shape index (κ2) is 8.11. The topological polar surface area (TPSA) is 101 Å². The van der Waals surface area contributed by atoms with Gasteiger partial charge in [0.25, 0.3) is 5.91 Å². The summed E-state index contributed by atoms with van der Waals surface area (Å²) in [7, 11) is 0. The zero-order chi connectivity index (χ0) is 19.7. The lowest BCUT2D eigenvalue weighted by molar-refractivity contribution is -0.122. The fourth-order valence-electron chi connectivity index (χ4n) is 5.46. The second-order valence-electron chi connectivity index (χ2n) is 8.83. The molecule has 5 N–H and O–H groups in total. The van der Waals surface area contributed by atoms with Crippen molar-refractivity contribution in [2.75, 3.05) is 23.3 Å². The summed E-state index contributed by atoms with van der Waals surface area (Å²) in [6, 6.07) is 5.71. The maximum absolute atomic E-state index is 13.0. The van der Waals surface area contributed by atoms with E-state index in [0.717, 1.165) is 63.0 Å². The molecule has 1 aromatic rings. The minimum atomic E-state index is -0.424. The number of nitrogens with zero attached hydrogens (tertiary/aromatic N) is 1. The van der Waals surface area contributed by atoms with Crippen molar-refractivity contribution in [3.8, 4) is 0 Å². The van der Waals surface area contributed by atoms with Gasteiger partial charge in [-0.3, -0.25) is 9.59 Å². The standard InChI is InChI=1S/C22H32N4O2/c23-20-14-5-4-6-15(20)12-16(11-14)22(28)25-17-7-8-18(21(24)27)19(13-17)26-9-2-1-3-10-26/h7-8,13-16,20H,1-6,9-12,23H2,(H2,24,27)(H,25,28). The fourth-order valence-corrected chi connectivity index (χ4v) is 5.46. The predicted octanol–water partition coefficient (Wildman–Crippen LogP) is 2.87. The first-order chi connectivity index (χ1) is 13.5. The summed E-state index contributed by atoms with van der Waals surface area (Å²) in [6.07, 6.45) is 8.75. The molecular weight excluding hydrogens is 352 g/mol. The fraction of sp³-hybridized carbons (Fsp3) is 0.636. The van der Waals surface area contributed by atoms with Crippen molar-refractivity contribution in [3.63, 3.8) is 0 Å². The molecule has 0 aromatic heterocycles. The maximum atomic E-state index is 13.0. The molecule has 6 heteroatoms. The van der Waals surface area contributed by atoms with Crippen LogP contribution in [0.2, 0.25) is 0 Å². The molecule has 28 heavy (non-hydrogen) atoms. The van der Waals surface area contributed by atoms with E-state index in [9.17, 15) is 9.59 Å². The van der Waals surface area contributed by atoms with Gasteiger partial charge in [-0.25, -0.2) is 0 Å². The molecule has 3 fully saturated rings. The molecule has 1 heterocycles. The van der Waals surface area contributed by atoms with Crippen LogP contribution in [0.4, 0.5) is 11.4 Å². The third-order valence-electron chi connectivity index (χ3n) is 7.01. The Kier molecular flexibility index (Phi) is 5.58. The van der Waals surface area contributed by atoms with Gasteiger partial charge in [-0.05, 0) is 75.0 Å². The zero-order valence-corrected chi connectivity index (χ0v) is 16.5. The number of anilines is 2. The molecule has 2 saturated carbocycles. The number of nitrogens with one attached hydrogen (secondary N) is 1. The normalized spacial score (nSPS) is 30.0. The van der Waals surface area contributed by atoms with Crippen LogP contribution in [0.25, 0.3) is 0 Å². The summed E-state index contributed by atoms with van der Waals surface area (Å²) < 4.78 is 0. The third kappa shape index (κ3) is 3.88. The number of fused-ring (bicyclic) bond motifs is 2. The van der Waals surface area contributed by atoms with Gasteiger partial charge in [-0.2, -0.15) is 0 Å². The summed E-state index contributed by atoms with van der Waals surface area (Å²) in [4.78, 5) is 27.1. The van der Waals surface area contributed by atoms with Crippen LogP contribution in [-0.2, 0) is 4.79 Å². The third-order valence-corrected chi connectivity index (χ3v) is 7.01. The van der Waals surface area contributed by atoms with Crippen LogP contribution < -0.4 is 21.7 Å². The van der Waals surface area contributed by atoms with Crippen molar-refractivity contribution in [1.29, 1.82) is 0 Å². The number of amides is 2. The van der Waals surface area contributed by atoms with E-state index in [1.807, 2.05) is 6.07 Å². The number of piperidine rings is 1. The SMILES string of the molecule is NC(=O)c1ccc(NC(=O)C2CC3CCCC(C2)C3N)cc1N1CCCCC1. The van der Waals surface area contributed by atoms with Gasteiger partial charge >= 0.3 is 0 Å². The predicted molar refractivity (Wildman–Crippen MR) is 111 cm³/mol. The molecule has 1 saturated heterocycles. The van der Waals surface area contributed by atoms with Crippen LogP contribution in [0.1, 0.15) is 61.7 Å². The maximum Gasteiger partial charge on any atom is 0.250 e. The van der Waals surface area contributed by atoms with Gasteiger partial charge in [0.05, 0.1) is 11.3 Å². The second-order valence-corrected chi connectivity index (χ2v) is 8.83. The Balaban J connectivity index is 1.49. The number of benzene rings is 1. The molecule has 2 bridgehead atoms. The van der Waals surface area contributed by atoms with Gasteiger partial charge in [0.2, 0.25) is 5.91 Å². The number of hydrogen-bond acceptors (Lipinski definition) is 4. The number of carbonyl (C=O) groups excluding carboxylic acids is 2. The van der Waals surface area contributed by atoms with Crippen LogP contribution in [0, 0.1) is 17.8 Å². The molecule has 4 rings (SSSR count). The first kappa shape index (κ1) is 19.2. The lowest BCUT2D eigenvalue weighted by Gasteiger charge is -2.43. The van der Waals surface area contributed by atoms with Gasteiger partial charge in [0.15, 0.2) is 0 Å². The quantitative estimate of drug-likeness (QED) is 0.743. The van der Waals surface area contributed by atoms with E-state index in [1.54, 1.807) is 12.1 Å². The smallest absolute Gasteiger partial charge is 0.250 e. The lowest BCUT2D eigenvalue weighted by atomic mass is 9.65. The molecule has 2 amide bonds. The Morgan fingerprint density at radius 1 is 1.00 bits per heavy atom. The largest absolute Gasteiger partial charge is 0.371 e. The summed E-state index contributed by atoms with van der Waals surface area (Å²) in [5, 5.41) is 3.10. The van der Waals surface area contributed by atoms with Crippen molar-refractivity contribution in [1.82, 2.24) is 0 Å². The lowest BCUT2D eigenvalue weighted by Crippen LogP contribution is -2.48. The highest BCUT2D eigenvalue weighted by atomic mass is 16.2. The van der Waals surface area contributed by atoms with Gasteiger partial charge < -0.3 is 21.7 Å². The van der Waals surface area contributed by atoms with Crippen molar-refractivity contribution < 1.29 is 9.59 Å². The van der Waals surface area contributed by atoms with Gasteiger partial charge in [-0.15, -0.1) is 0 Å². The highest BCUT2D eigenvalue weighted by Crippen LogP contribution is 2.42. The van der Waals surface area contributed by atoms with Crippen LogP contribution in [0.3, 0.4) is 0 Å². The Labute approximate surface area is 167 Å². The molecule has 152 valence electrons. The number of nitrogens with two attached hydrogens (primary N) is 2. The van der Waals surface area contributed by atoms with Crippen LogP contribution >= 0.6 is 0 Å². The van der Waals surface area contributed by atoms with Gasteiger partial charge in [0.1, 0.15) is 0 Å². The van der Waals surface area contributed by atoms with Crippen LogP contribution in [0.15, 0.2) is 18.2 Å². The molecule has 6 nitrogen and oxygen atoms in total. The molecule has 2 atom stereocenters. The first-order valence-corrected chi connectivity index (χ1v) is 10.8. The van der Waals surface area contributed by atoms with E-state index in [4.69, 9.17) is 11.5 Å². The highest BCUT2D eigenvalue weighted by molar-refractivity contribution is 6.00. The van der Waals surface area contributed by atoms with Crippen LogP contribution in [0.5, 0.6) is 0 Å². The van der Waals surface area contributed by atoms with E-state index in [2.05, 4.69) is 10.2 Å². The average molecular weight is 385 g/mol. The van der Waals surface area contributed by atoms with Crippen LogP contribution in [-0.4, -0.2) is 30.9 Å². The number of carbonyl (C=O) groups is 2. The summed E-state index contributed by atoms with van der Waals surface area (Å²) in [6.45, 7) is 1.84. The number of rotatable bonds is 4. The summed E-state index contributed by atoms with van der Waals surface area (Å²) in [5.74, 6) is 0.644. The molecular formula is C22H32N4O2. The number of hydrogen-bond donors (Lipinski definition) is 3. The molecule has 0 radical (unpaired) electrons. The van der Waals surface area contributed by atoms with E-state index in [1.165, 1.54) is 12.8 Å². The minimum Gasteiger partial charge on any atom is -0.371 e. The monoisotopic (exact) mass is 384 g/mol. The highest BCUT2D eigenvalue weighted by Gasteiger charge is 2.40. The summed E-state index contributed by atoms with van der Waals surface area (Å²) in [5.41, 5.74) is 14.1. The molecule has 1 aliphatic heterocycles. The van der Waals surface area contributed by atoms with Crippen molar-refractivity contribution in [2.24, 2.45) is 29.2 Å². The number of primary amides is 1. The minimum absolute atomic E-state index is 0.0318. The Bertz CT molecular complexity index is 730. The van der Waals surface area contributed by atoms with Gasteiger partial charge in [-0.1, -0.05) is 6.42 Å². The average Bonchev–Trinajstić information content (AvgIpc) is 2.68. The summed E-state index contributed by atoms with van der Waals surface area (Å²) >= 11 is 0. The molecule has 3 aliphatic rings. The Hall–Kier alpha value is -2.08. The van der Waals surface area contributed by atoms with E-state index < -0.39 is 5.91 Å². The molecule has 2 unspecified atom stereocenters. The van der Waals surface area contributed by atoms with E-state index >= 15 is 0 Å². The van der Waals surface area contributed by atoms with E-state index in [-0.39, 0.29) is 17.9 Å². The first-order valence-electron chi connectivity index (χ1n) is 10.8.